The van der Waals surface area contributed by atoms with E-state index in [2.05, 4.69) is 10.1 Å². The molecule has 0 amide bonds. The molecule has 1 N–H and O–H groups in total. The van der Waals surface area contributed by atoms with Gasteiger partial charge in [0.1, 0.15) is 0 Å². The number of hydrogen-bond acceptors (Lipinski definition) is 5. The highest BCUT2D eigenvalue weighted by molar-refractivity contribution is 5.92. The zero-order valence-electron chi connectivity index (χ0n) is 9.76. The molecule has 0 saturated carbocycles. The molecule has 6 heteroatoms. The number of fused-ring (bicyclic) bond motifs is 1. The molecule has 2 heterocycles. The van der Waals surface area contributed by atoms with Crippen molar-refractivity contribution in [1.29, 1.82) is 0 Å². The molecular formula is C11H12N3O3-. The summed E-state index contributed by atoms with van der Waals surface area (Å²) < 4.78 is 1.39. The Kier molecular flexibility index (Phi) is 2.39. The first-order valence-corrected chi connectivity index (χ1v) is 5.10. The van der Waals surface area contributed by atoms with Crippen molar-refractivity contribution in [2.24, 2.45) is 0 Å². The second-order valence-electron chi connectivity index (χ2n) is 4.40. The molecule has 0 aliphatic heterocycles. The number of aliphatic hydroxyl groups is 1. The summed E-state index contributed by atoms with van der Waals surface area (Å²) in [5.41, 5.74) is 0.345. The maximum Gasteiger partial charge on any atom is 0.164 e. The summed E-state index contributed by atoms with van der Waals surface area (Å²) in [5.74, 6) is -1.32. The first-order chi connectivity index (χ1) is 7.82. The van der Waals surface area contributed by atoms with E-state index >= 15 is 0 Å². The van der Waals surface area contributed by atoms with E-state index in [1.54, 1.807) is 20.8 Å². The van der Waals surface area contributed by atoms with Crippen molar-refractivity contribution < 1.29 is 15.0 Å². The SMILES string of the molecule is Cc1c(C(C)(C)O)cnc2c(C(=O)[O-])cnn12. The van der Waals surface area contributed by atoms with Crippen molar-refractivity contribution in [3.05, 3.63) is 29.2 Å². The lowest BCUT2D eigenvalue weighted by molar-refractivity contribution is -0.254. The molecule has 6 nitrogen and oxygen atoms in total. The fraction of sp³-hybridized carbons (Fsp3) is 0.364. The molecule has 0 aromatic carbocycles. The van der Waals surface area contributed by atoms with Crippen LogP contribution in [0.4, 0.5) is 0 Å². The Hall–Kier alpha value is -1.95. The van der Waals surface area contributed by atoms with Crippen LogP contribution in [0.1, 0.15) is 35.5 Å². The summed E-state index contributed by atoms with van der Waals surface area (Å²) in [6.45, 7) is 5.01. The van der Waals surface area contributed by atoms with Crippen LogP contribution in [0, 0.1) is 6.92 Å². The topological polar surface area (TPSA) is 90.5 Å². The standard InChI is InChI=1S/C11H13N3O3/c1-6-8(11(2,3)17)5-12-9-7(10(15)16)4-13-14(6)9/h4-5,17H,1-3H3,(H,15,16)/p-1. The third-order valence-corrected chi connectivity index (χ3v) is 2.65. The van der Waals surface area contributed by atoms with Gasteiger partial charge < -0.3 is 15.0 Å². The Morgan fingerprint density at radius 1 is 1.47 bits per heavy atom. The highest BCUT2D eigenvalue weighted by Gasteiger charge is 2.21. The summed E-state index contributed by atoms with van der Waals surface area (Å²) in [6.07, 6.45) is 2.65. The average molecular weight is 234 g/mol. The third-order valence-electron chi connectivity index (χ3n) is 2.65. The van der Waals surface area contributed by atoms with Crippen LogP contribution < -0.4 is 5.11 Å². The van der Waals surface area contributed by atoms with Crippen molar-refractivity contribution in [1.82, 2.24) is 14.6 Å². The van der Waals surface area contributed by atoms with Gasteiger partial charge >= 0.3 is 0 Å². The van der Waals surface area contributed by atoms with E-state index in [1.807, 2.05) is 0 Å². The van der Waals surface area contributed by atoms with E-state index in [1.165, 1.54) is 16.9 Å². The third kappa shape index (κ3) is 1.76. The van der Waals surface area contributed by atoms with Crippen LogP contribution >= 0.6 is 0 Å². The summed E-state index contributed by atoms with van der Waals surface area (Å²) in [4.78, 5) is 14.8. The molecule has 0 aliphatic rings. The first kappa shape index (κ1) is 11.5. The molecule has 2 aromatic heterocycles. The van der Waals surface area contributed by atoms with Gasteiger partial charge in [0, 0.05) is 17.5 Å². The predicted molar refractivity (Wildman–Crippen MR) is 57.3 cm³/mol. The molecule has 0 saturated heterocycles. The highest BCUT2D eigenvalue weighted by Crippen LogP contribution is 2.23. The van der Waals surface area contributed by atoms with Gasteiger partial charge in [0.2, 0.25) is 0 Å². The van der Waals surface area contributed by atoms with E-state index < -0.39 is 11.6 Å². The Morgan fingerprint density at radius 2 is 2.12 bits per heavy atom. The van der Waals surface area contributed by atoms with E-state index in [0.717, 1.165) is 0 Å². The number of rotatable bonds is 2. The Bertz CT molecular complexity index is 596. The quantitative estimate of drug-likeness (QED) is 0.765. The van der Waals surface area contributed by atoms with Crippen LogP contribution in [0.25, 0.3) is 5.65 Å². The average Bonchev–Trinajstić information content (AvgIpc) is 2.60. The molecule has 2 rings (SSSR count). The molecule has 0 bridgehead atoms. The number of carboxylic acids is 1. The molecule has 17 heavy (non-hydrogen) atoms. The van der Waals surface area contributed by atoms with Gasteiger partial charge in [-0.25, -0.2) is 9.50 Å². The van der Waals surface area contributed by atoms with Gasteiger partial charge in [-0.2, -0.15) is 5.10 Å². The van der Waals surface area contributed by atoms with Gasteiger partial charge in [-0.1, -0.05) is 0 Å². The summed E-state index contributed by atoms with van der Waals surface area (Å²) in [5, 5.41) is 24.7. The molecule has 0 aliphatic carbocycles. The molecule has 0 fully saturated rings. The molecule has 90 valence electrons. The maximum atomic E-state index is 10.8. The van der Waals surface area contributed by atoms with Gasteiger partial charge in [0.25, 0.3) is 0 Å². The number of carboxylic acid groups (broad SMARTS) is 1. The Balaban J connectivity index is 2.75. The van der Waals surface area contributed by atoms with Crippen molar-refractivity contribution in [3.63, 3.8) is 0 Å². The van der Waals surface area contributed by atoms with Crippen LogP contribution in [-0.2, 0) is 5.60 Å². The zero-order valence-corrected chi connectivity index (χ0v) is 9.76. The minimum atomic E-state index is -1.32. The second-order valence-corrected chi connectivity index (χ2v) is 4.40. The fourth-order valence-electron chi connectivity index (χ4n) is 1.79. The number of nitrogens with zero attached hydrogens (tertiary/aromatic N) is 3. The molecule has 0 unspecified atom stereocenters. The predicted octanol–water partition coefficient (Wildman–Crippen LogP) is -0.371. The smallest absolute Gasteiger partial charge is 0.164 e. The van der Waals surface area contributed by atoms with Crippen molar-refractivity contribution in [2.45, 2.75) is 26.4 Å². The van der Waals surface area contributed by atoms with E-state index in [4.69, 9.17) is 0 Å². The number of carbonyl (C=O) groups excluding carboxylic acids is 1. The summed E-state index contributed by atoms with van der Waals surface area (Å²) in [6, 6.07) is 0. The van der Waals surface area contributed by atoms with E-state index in [0.29, 0.717) is 11.3 Å². The lowest BCUT2D eigenvalue weighted by Crippen LogP contribution is -2.23. The van der Waals surface area contributed by atoms with Crippen LogP contribution in [0.2, 0.25) is 0 Å². The Labute approximate surface area is 97.5 Å². The summed E-state index contributed by atoms with van der Waals surface area (Å²) in [7, 11) is 0. The van der Waals surface area contributed by atoms with Gasteiger partial charge in [0.15, 0.2) is 5.65 Å². The molecule has 0 spiro atoms. The van der Waals surface area contributed by atoms with Crippen molar-refractivity contribution in [3.8, 4) is 0 Å². The number of aromatic nitrogens is 3. The minimum absolute atomic E-state index is 0.0598. The van der Waals surface area contributed by atoms with Gasteiger partial charge in [-0.05, 0) is 20.8 Å². The van der Waals surface area contributed by atoms with Gasteiger partial charge in [-0.3, -0.25) is 0 Å². The van der Waals surface area contributed by atoms with Crippen LogP contribution in [0.15, 0.2) is 12.4 Å². The fourth-order valence-corrected chi connectivity index (χ4v) is 1.79. The maximum absolute atomic E-state index is 10.8. The monoisotopic (exact) mass is 234 g/mol. The highest BCUT2D eigenvalue weighted by atomic mass is 16.4. The van der Waals surface area contributed by atoms with Crippen molar-refractivity contribution >= 4 is 11.6 Å². The van der Waals surface area contributed by atoms with Gasteiger partial charge in [-0.15, -0.1) is 0 Å². The van der Waals surface area contributed by atoms with Gasteiger partial charge in [0.05, 0.1) is 23.3 Å². The lowest BCUT2D eigenvalue weighted by Gasteiger charge is -2.20. The normalized spacial score (nSPS) is 12.0. The van der Waals surface area contributed by atoms with Crippen LogP contribution in [0.3, 0.4) is 0 Å². The second kappa shape index (κ2) is 3.53. The number of hydrogen-bond donors (Lipinski definition) is 1. The van der Waals surface area contributed by atoms with Crippen LogP contribution in [-0.4, -0.2) is 25.7 Å². The molecule has 0 atom stereocenters. The molecular weight excluding hydrogens is 222 g/mol. The first-order valence-electron chi connectivity index (χ1n) is 5.10. The minimum Gasteiger partial charge on any atom is -0.545 e. The van der Waals surface area contributed by atoms with Crippen molar-refractivity contribution in [2.75, 3.05) is 0 Å². The largest absolute Gasteiger partial charge is 0.545 e. The van der Waals surface area contributed by atoms with Crippen LogP contribution in [0.5, 0.6) is 0 Å². The number of carbonyl (C=O) groups is 1. The Morgan fingerprint density at radius 3 is 2.65 bits per heavy atom. The number of aromatic carboxylic acids is 1. The lowest BCUT2D eigenvalue weighted by atomic mass is 9.99. The molecule has 0 radical (unpaired) electrons. The van der Waals surface area contributed by atoms with E-state index in [9.17, 15) is 15.0 Å². The zero-order chi connectivity index (χ0) is 12.8. The molecule has 2 aromatic rings. The number of aryl methyl sites for hydroxylation is 1. The van der Waals surface area contributed by atoms with E-state index in [-0.39, 0.29) is 11.2 Å². The summed E-state index contributed by atoms with van der Waals surface area (Å²) >= 11 is 0.